The zero-order chi connectivity index (χ0) is 22.6. The van der Waals surface area contributed by atoms with Crippen LogP contribution in [0.5, 0.6) is 0 Å². The minimum atomic E-state index is -0.435. The molecule has 0 aromatic heterocycles. The molecule has 2 aliphatic heterocycles. The minimum absolute atomic E-state index is 0.0121. The molecule has 0 aromatic rings. The number of carbonyl (C=O) groups excluding carboxylic acids is 2. The summed E-state index contributed by atoms with van der Waals surface area (Å²) >= 11 is 0. The van der Waals surface area contributed by atoms with Crippen LogP contribution in [0.1, 0.15) is 74.7 Å². The van der Waals surface area contributed by atoms with Crippen molar-refractivity contribution in [2.24, 2.45) is 35.5 Å². The van der Waals surface area contributed by atoms with Crippen LogP contribution >= 0.6 is 0 Å². The van der Waals surface area contributed by atoms with Gasteiger partial charge in [-0.05, 0) is 51.0 Å². The zero-order valence-corrected chi connectivity index (χ0v) is 20.1. The average Bonchev–Trinajstić information content (AvgIpc) is 2.69. The van der Waals surface area contributed by atoms with Gasteiger partial charge in [0.2, 0.25) is 0 Å². The maximum atomic E-state index is 13.1. The number of esters is 1. The average molecular weight is 423 g/mol. The van der Waals surface area contributed by atoms with Gasteiger partial charge in [-0.3, -0.25) is 9.59 Å². The third-order valence-electron chi connectivity index (χ3n) is 7.15. The normalized spacial score (nSPS) is 44.1. The van der Waals surface area contributed by atoms with E-state index in [0.717, 1.165) is 6.42 Å². The van der Waals surface area contributed by atoms with E-state index in [1.54, 1.807) is 6.08 Å². The molecule has 0 aromatic carbocycles. The molecule has 5 heteroatoms. The summed E-state index contributed by atoms with van der Waals surface area (Å²) in [5, 5.41) is 0. The van der Waals surface area contributed by atoms with E-state index in [0.29, 0.717) is 18.8 Å². The molecule has 5 nitrogen and oxygen atoms in total. The summed E-state index contributed by atoms with van der Waals surface area (Å²) in [4.78, 5) is 25.7. The smallest absolute Gasteiger partial charge is 0.311 e. The zero-order valence-electron chi connectivity index (χ0n) is 20.1. The first kappa shape index (κ1) is 25.1. The van der Waals surface area contributed by atoms with Crippen LogP contribution in [0.2, 0.25) is 0 Å². The van der Waals surface area contributed by atoms with Gasteiger partial charge in [-0.2, -0.15) is 0 Å². The van der Waals surface area contributed by atoms with E-state index >= 15 is 0 Å². The van der Waals surface area contributed by atoms with Crippen LogP contribution in [0.25, 0.3) is 0 Å². The van der Waals surface area contributed by atoms with Crippen LogP contribution in [0.3, 0.4) is 0 Å². The third-order valence-corrected chi connectivity index (χ3v) is 7.15. The van der Waals surface area contributed by atoms with Gasteiger partial charge in [0, 0.05) is 17.8 Å². The highest BCUT2D eigenvalue weighted by atomic mass is 16.7. The van der Waals surface area contributed by atoms with Crippen LogP contribution in [0, 0.1) is 35.5 Å². The molecule has 0 saturated carbocycles. The number of rotatable bonds is 3. The summed E-state index contributed by atoms with van der Waals surface area (Å²) in [6, 6.07) is 0. The molecule has 0 N–H and O–H groups in total. The van der Waals surface area contributed by atoms with Crippen molar-refractivity contribution < 1.29 is 23.8 Å². The van der Waals surface area contributed by atoms with E-state index in [1.807, 2.05) is 33.8 Å². The van der Waals surface area contributed by atoms with Crippen LogP contribution in [0.15, 0.2) is 12.2 Å². The summed E-state index contributed by atoms with van der Waals surface area (Å²) in [6.07, 6.45) is 5.06. The highest BCUT2D eigenvalue weighted by molar-refractivity contribution is 5.91. The molecule has 0 amide bonds. The predicted molar refractivity (Wildman–Crippen MR) is 118 cm³/mol. The topological polar surface area (TPSA) is 61.8 Å². The molecular formula is C25H42O5. The van der Waals surface area contributed by atoms with Gasteiger partial charge in [0.05, 0.1) is 18.1 Å². The van der Waals surface area contributed by atoms with E-state index in [1.165, 1.54) is 0 Å². The van der Waals surface area contributed by atoms with Crippen molar-refractivity contribution in [2.45, 2.75) is 99.3 Å². The fourth-order valence-corrected chi connectivity index (χ4v) is 4.77. The Balaban J connectivity index is 2.30. The SMILES string of the molecule is CC[C@H]1OC(=O)[C@H](C)[C@@H](O[C@@H]2OC(C)CC(C)[C@H]2C)[C@@H](C)C[C@@H](C)C(=O)C=C[C@H]1C. The first-order valence-corrected chi connectivity index (χ1v) is 11.8. The second kappa shape index (κ2) is 10.9. The molecular weight excluding hydrogens is 380 g/mol. The van der Waals surface area contributed by atoms with E-state index in [2.05, 4.69) is 27.7 Å². The molecule has 2 heterocycles. The first-order chi connectivity index (χ1) is 14.0. The Morgan fingerprint density at radius 1 is 1.00 bits per heavy atom. The molecule has 1 fully saturated rings. The predicted octanol–water partition coefficient (Wildman–Crippen LogP) is 5.17. The van der Waals surface area contributed by atoms with E-state index < -0.39 is 5.92 Å². The van der Waals surface area contributed by atoms with E-state index in [4.69, 9.17) is 14.2 Å². The molecule has 0 spiro atoms. The van der Waals surface area contributed by atoms with Gasteiger partial charge >= 0.3 is 5.97 Å². The standard InChI is InChI=1S/C25H42O5/c1-9-22-14(2)10-11-21(26)16(4)12-17(5)23(20(8)24(27)29-22)30-25-19(7)15(3)13-18(6)28-25/h10-11,14-20,22-23,25H,9,12-13H2,1-8H3/t14-,15?,16-,17+,18?,19-,20-,22-,23+,25+/m1/s1. The number of hydrogen-bond donors (Lipinski definition) is 0. The van der Waals surface area contributed by atoms with E-state index in [9.17, 15) is 9.59 Å². The maximum Gasteiger partial charge on any atom is 0.311 e. The molecule has 2 unspecified atom stereocenters. The van der Waals surface area contributed by atoms with Crippen LogP contribution in [0.4, 0.5) is 0 Å². The lowest BCUT2D eigenvalue weighted by atomic mass is 9.83. The van der Waals surface area contributed by atoms with Crippen molar-refractivity contribution in [3.05, 3.63) is 12.2 Å². The number of hydrogen-bond acceptors (Lipinski definition) is 5. The molecule has 10 atom stereocenters. The second-order valence-corrected chi connectivity index (χ2v) is 9.89. The fourth-order valence-electron chi connectivity index (χ4n) is 4.77. The second-order valence-electron chi connectivity index (χ2n) is 9.89. The van der Waals surface area contributed by atoms with Crippen LogP contribution in [-0.2, 0) is 23.8 Å². The number of ketones is 1. The van der Waals surface area contributed by atoms with Crippen molar-refractivity contribution in [1.29, 1.82) is 0 Å². The molecule has 1 saturated heterocycles. The number of cyclic esters (lactones) is 1. The fraction of sp³-hybridized carbons (Fsp3) is 0.840. The summed E-state index contributed by atoms with van der Waals surface area (Å²) in [7, 11) is 0. The number of carbonyl (C=O) groups is 2. The van der Waals surface area contributed by atoms with Crippen molar-refractivity contribution in [1.82, 2.24) is 0 Å². The highest BCUT2D eigenvalue weighted by Crippen LogP contribution is 2.35. The maximum absolute atomic E-state index is 13.1. The van der Waals surface area contributed by atoms with Gasteiger partial charge in [0.15, 0.2) is 12.1 Å². The van der Waals surface area contributed by atoms with Gasteiger partial charge < -0.3 is 14.2 Å². The monoisotopic (exact) mass is 422 g/mol. The summed E-state index contributed by atoms with van der Waals surface area (Å²) < 4.78 is 18.5. The van der Waals surface area contributed by atoms with Gasteiger partial charge in [-0.25, -0.2) is 0 Å². The van der Waals surface area contributed by atoms with Gasteiger partial charge in [-0.1, -0.05) is 47.6 Å². The summed E-state index contributed by atoms with van der Waals surface area (Å²) in [5.41, 5.74) is 0. The summed E-state index contributed by atoms with van der Waals surface area (Å²) in [6.45, 7) is 16.3. The molecule has 0 radical (unpaired) electrons. The molecule has 0 aliphatic carbocycles. The Labute approximate surface area is 182 Å². The number of allylic oxidation sites excluding steroid dienone is 1. The quantitative estimate of drug-likeness (QED) is 0.587. The Hall–Kier alpha value is -1.20. The summed E-state index contributed by atoms with van der Waals surface area (Å²) in [5.74, 6) is 0.0496. The van der Waals surface area contributed by atoms with Gasteiger partial charge in [-0.15, -0.1) is 0 Å². The largest absolute Gasteiger partial charge is 0.461 e. The van der Waals surface area contributed by atoms with Crippen LogP contribution in [-0.4, -0.2) is 36.4 Å². The molecule has 30 heavy (non-hydrogen) atoms. The van der Waals surface area contributed by atoms with E-state index in [-0.39, 0.29) is 60.0 Å². The van der Waals surface area contributed by atoms with Crippen molar-refractivity contribution >= 4 is 11.8 Å². The Kier molecular flexibility index (Phi) is 9.11. The number of ether oxygens (including phenoxy) is 3. The highest BCUT2D eigenvalue weighted by Gasteiger charge is 2.40. The first-order valence-electron chi connectivity index (χ1n) is 11.8. The lowest BCUT2D eigenvalue weighted by molar-refractivity contribution is -0.260. The Morgan fingerprint density at radius 2 is 1.67 bits per heavy atom. The third kappa shape index (κ3) is 6.16. The Morgan fingerprint density at radius 3 is 2.30 bits per heavy atom. The lowest BCUT2D eigenvalue weighted by Crippen LogP contribution is -2.46. The molecule has 0 bridgehead atoms. The van der Waals surface area contributed by atoms with Crippen molar-refractivity contribution in [3.8, 4) is 0 Å². The van der Waals surface area contributed by atoms with Crippen LogP contribution < -0.4 is 0 Å². The van der Waals surface area contributed by atoms with Crippen molar-refractivity contribution in [2.75, 3.05) is 0 Å². The molecule has 172 valence electrons. The Bertz CT molecular complexity index is 615. The van der Waals surface area contributed by atoms with Crippen molar-refractivity contribution in [3.63, 3.8) is 0 Å². The molecule has 2 rings (SSSR count). The van der Waals surface area contributed by atoms with Gasteiger partial charge in [0.25, 0.3) is 0 Å². The molecule has 2 aliphatic rings. The lowest BCUT2D eigenvalue weighted by Gasteiger charge is -2.41. The minimum Gasteiger partial charge on any atom is -0.461 e. The van der Waals surface area contributed by atoms with Gasteiger partial charge in [0.1, 0.15) is 6.10 Å².